The van der Waals surface area contributed by atoms with Crippen molar-refractivity contribution >= 4 is 18.1 Å². The maximum atomic E-state index is 11.2. The van der Waals surface area contributed by atoms with Gasteiger partial charge >= 0.3 is 0 Å². The summed E-state index contributed by atoms with van der Waals surface area (Å²) >= 11 is 0. The number of hydrogen-bond donors (Lipinski definition) is 0. The van der Waals surface area contributed by atoms with Crippen LogP contribution in [0.1, 0.15) is 29.8 Å². The molecule has 2 heteroatoms. The normalized spacial score (nSPS) is 11.1. The molecule has 0 aliphatic heterocycles. The molecule has 0 heterocycles. The number of carbonyl (C=O) groups excluding carboxylic acids is 2. The van der Waals surface area contributed by atoms with Crippen LogP contribution in [-0.2, 0) is 4.79 Å². The topological polar surface area (TPSA) is 34.1 Å². The fraction of sp³-hybridized carbons (Fsp3) is 0.167. The summed E-state index contributed by atoms with van der Waals surface area (Å²) in [5, 5.41) is 0. The second-order valence-corrected chi connectivity index (χ2v) is 3.15. The van der Waals surface area contributed by atoms with E-state index in [1.54, 1.807) is 19.1 Å². The summed E-state index contributed by atoms with van der Waals surface area (Å²) in [6, 6.07) is 7.23. The minimum absolute atomic E-state index is 0.00977. The SMILES string of the molecule is CC(=O)c1ccccc1/C=C(\C)C=O. The van der Waals surface area contributed by atoms with Gasteiger partial charge in [-0.2, -0.15) is 0 Å². The van der Waals surface area contributed by atoms with Gasteiger partial charge in [0.25, 0.3) is 0 Å². The molecule has 0 aromatic heterocycles. The Kier molecular flexibility index (Phi) is 3.35. The smallest absolute Gasteiger partial charge is 0.160 e. The molecule has 0 aliphatic rings. The van der Waals surface area contributed by atoms with Crippen LogP contribution < -0.4 is 0 Å². The van der Waals surface area contributed by atoms with Gasteiger partial charge in [-0.1, -0.05) is 24.3 Å². The van der Waals surface area contributed by atoms with Crippen molar-refractivity contribution < 1.29 is 9.59 Å². The summed E-state index contributed by atoms with van der Waals surface area (Å²) < 4.78 is 0. The van der Waals surface area contributed by atoms with Gasteiger partial charge in [0.1, 0.15) is 6.29 Å². The van der Waals surface area contributed by atoms with Gasteiger partial charge in [-0.05, 0) is 31.1 Å². The minimum atomic E-state index is 0.00977. The van der Waals surface area contributed by atoms with Gasteiger partial charge in [0.05, 0.1) is 0 Å². The van der Waals surface area contributed by atoms with E-state index >= 15 is 0 Å². The third-order valence-corrected chi connectivity index (χ3v) is 1.91. The lowest BCUT2D eigenvalue weighted by Gasteiger charge is -2.01. The molecular formula is C12H12O2. The quantitative estimate of drug-likeness (QED) is 0.415. The standard InChI is InChI=1S/C12H12O2/c1-9(8-13)7-11-5-3-4-6-12(11)10(2)14/h3-8H,1-2H3/b9-7+. The second-order valence-electron chi connectivity index (χ2n) is 3.15. The van der Waals surface area contributed by atoms with Crippen LogP contribution in [0, 0.1) is 0 Å². The van der Waals surface area contributed by atoms with E-state index < -0.39 is 0 Å². The molecule has 0 atom stereocenters. The van der Waals surface area contributed by atoms with E-state index in [2.05, 4.69) is 0 Å². The van der Waals surface area contributed by atoms with Gasteiger partial charge in [-0.3, -0.25) is 9.59 Å². The number of allylic oxidation sites excluding steroid dienone is 1. The Morgan fingerprint density at radius 2 is 1.86 bits per heavy atom. The zero-order valence-electron chi connectivity index (χ0n) is 8.28. The van der Waals surface area contributed by atoms with Gasteiger partial charge < -0.3 is 0 Å². The van der Waals surface area contributed by atoms with Gasteiger partial charge in [0, 0.05) is 5.56 Å². The molecule has 0 N–H and O–H groups in total. The molecule has 1 aromatic carbocycles. The van der Waals surface area contributed by atoms with Crippen molar-refractivity contribution in [1.29, 1.82) is 0 Å². The molecule has 0 spiro atoms. The van der Waals surface area contributed by atoms with Crippen molar-refractivity contribution in [3.05, 3.63) is 41.0 Å². The molecule has 0 aliphatic carbocycles. The Balaban J connectivity index is 3.20. The lowest BCUT2D eigenvalue weighted by Crippen LogP contribution is -1.95. The lowest BCUT2D eigenvalue weighted by molar-refractivity contribution is -0.104. The largest absolute Gasteiger partial charge is 0.298 e. The molecule has 1 aromatic rings. The highest BCUT2D eigenvalue weighted by Crippen LogP contribution is 2.12. The van der Waals surface area contributed by atoms with Crippen molar-refractivity contribution in [3.63, 3.8) is 0 Å². The van der Waals surface area contributed by atoms with Crippen molar-refractivity contribution in [2.45, 2.75) is 13.8 Å². The van der Waals surface area contributed by atoms with Crippen molar-refractivity contribution in [3.8, 4) is 0 Å². The number of ketones is 1. The molecular weight excluding hydrogens is 176 g/mol. The van der Waals surface area contributed by atoms with Crippen LogP contribution in [-0.4, -0.2) is 12.1 Å². The molecule has 0 amide bonds. The number of carbonyl (C=O) groups is 2. The average molecular weight is 188 g/mol. The fourth-order valence-electron chi connectivity index (χ4n) is 1.22. The Morgan fingerprint density at radius 3 is 2.43 bits per heavy atom. The van der Waals surface area contributed by atoms with Crippen molar-refractivity contribution in [2.75, 3.05) is 0 Å². The third-order valence-electron chi connectivity index (χ3n) is 1.91. The Labute approximate surface area is 83.3 Å². The fourth-order valence-corrected chi connectivity index (χ4v) is 1.22. The first-order valence-corrected chi connectivity index (χ1v) is 4.38. The van der Waals surface area contributed by atoms with E-state index in [0.29, 0.717) is 11.1 Å². The number of rotatable bonds is 3. The Hall–Kier alpha value is -1.70. The maximum Gasteiger partial charge on any atom is 0.160 e. The van der Waals surface area contributed by atoms with Crippen LogP contribution in [0.15, 0.2) is 29.8 Å². The highest BCUT2D eigenvalue weighted by molar-refractivity contribution is 5.98. The van der Waals surface area contributed by atoms with Crippen LogP contribution in [0.2, 0.25) is 0 Å². The predicted molar refractivity (Wildman–Crippen MR) is 56.2 cm³/mol. The zero-order chi connectivity index (χ0) is 10.6. The molecule has 0 radical (unpaired) electrons. The first-order chi connectivity index (χ1) is 6.65. The van der Waals surface area contributed by atoms with Gasteiger partial charge in [0.15, 0.2) is 5.78 Å². The number of aldehydes is 1. The molecule has 2 nitrogen and oxygen atoms in total. The second kappa shape index (κ2) is 4.51. The van der Waals surface area contributed by atoms with Gasteiger partial charge in [-0.15, -0.1) is 0 Å². The summed E-state index contributed by atoms with van der Waals surface area (Å²) in [7, 11) is 0. The van der Waals surface area contributed by atoms with Gasteiger partial charge in [-0.25, -0.2) is 0 Å². The number of Topliss-reactive ketones (excluding diaryl/α,β-unsaturated/α-hetero) is 1. The molecule has 14 heavy (non-hydrogen) atoms. The van der Waals surface area contributed by atoms with Crippen LogP contribution in [0.25, 0.3) is 6.08 Å². The molecule has 0 saturated heterocycles. The highest BCUT2D eigenvalue weighted by atomic mass is 16.1. The van der Waals surface area contributed by atoms with E-state index in [1.807, 2.05) is 18.2 Å². The zero-order valence-corrected chi connectivity index (χ0v) is 8.28. The molecule has 72 valence electrons. The first-order valence-electron chi connectivity index (χ1n) is 4.38. The Bertz CT molecular complexity index is 389. The van der Waals surface area contributed by atoms with Crippen LogP contribution in [0.3, 0.4) is 0 Å². The predicted octanol–water partition coefficient (Wildman–Crippen LogP) is 2.49. The van der Waals surface area contributed by atoms with Crippen molar-refractivity contribution in [1.82, 2.24) is 0 Å². The van der Waals surface area contributed by atoms with Crippen molar-refractivity contribution in [2.24, 2.45) is 0 Å². The van der Waals surface area contributed by atoms with Crippen LogP contribution in [0.5, 0.6) is 0 Å². The van der Waals surface area contributed by atoms with E-state index in [1.165, 1.54) is 6.92 Å². The Morgan fingerprint density at radius 1 is 1.21 bits per heavy atom. The van der Waals surface area contributed by atoms with Crippen LogP contribution >= 0.6 is 0 Å². The summed E-state index contributed by atoms with van der Waals surface area (Å²) in [6.45, 7) is 3.23. The lowest BCUT2D eigenvalue weighted by atomic mass is 10.0. The molecule has 1 rings (SSSR count). The molecule has 0 fully saturated rings. The van der Waals surface area contributed by atoms with Crippen LogP contribution in [0.4, 0.5) is 0 Å². The highest BCUT2D eigenvalue weighted by Gasteiger charge is 2.03. The molecule has 0 unspecified atom stereocenters. The summed E-state index contributed by atoms with van der Waals surface area (Å²) in [5.74, 6) is 0.00977. The molecule has 0 bridgehead atoms. The minimum Gasteiger partial charge on any atom is -0.298 e. The monoisotopic (exact) mass is 188 g/mol. The average Bonchev–Trinajstić information content (AvgIpc) is 2.18. The summed E-state index contributed by atoms with van der Waals surface area (Å²) in [6.07, 6.45) is 2.49. The first kappa shape index (κ1) is 10.4. The molecule has 0 saturated carbocycles. The van der Waals surface area contributed by atoms with E-state index in [0.717, 1.165) is 11.8 Å². The third kappa shape index (κ3) is 2.39. The number of benzene rings is 1. The summed E-state index contributed by atoms with van der Waals surface area (Å²) in [5.41, 5.74) is 2.05. The van der Waals surface area contributed by atoms with E-state index in [9.17, 15) is 9.59 Å². The number of hydrogen-bond acceptors (Lipinski definition) is 2. The van der Waals surface area contributed by atoms with E-state index in [4.69, 9.17) is 0 Å². The summed E-state index contributed by atoms with van der Waals surface area (Å²) in [4.78, 5) is 21.7. The van der Waals surface area contributed by atoms with E-state index in [-0.39, 0.29) is 5.78 Å². The maximum absolute atomic E-state index is 11.2. The van der Waals surface area contributed by atoms with Gasteiger partial charge in [0.2, 0.25) is 0 Å².